The van der Waals surface area contributed by atoms with Gasteiger partial charge in [0.2, 0.25) is 0 Å². The summed E-state index contributed by atoms with van der Waals surface area (Å²) in [4.78, 5) is 33.4. The Labute approximate surface area is 199 Å². The minimum absolute atomic E-state index is 0.105. The second-order valence-corrected chi connectivity index (χ2v) is 8.65. The van der Waals surface area contributed by atoms with Gasteiger partial charge in [-0.1, -0.05) is 29.4 Å². The molecule has 0 saturated carbocycles. The van der Waals surface area contributed by atoms with Crippen LogP contribution in [0, 0.1) is 0 Å². The van der Waals surface area contributed by atoms with Crippen molar-refractivity contribution in [2.24, 2.45) is 10.9 Å². The summed E-state index contributed by atoms with van der Waals surface area (Å²) >= 11 is 0. The largest absolute Gasteiger partial charge is 0.380 e. The van der Waals surface area contributed by atoms with E-state index in [1.54, 1.807) is 31.1 Å². The predicted molar refractivity (Wildman–Crippen MR) is 135 cm³/mol. The number of anilines is 2. The molecule has 1 heterocycles. The molecule has 0 radical (unpaired) electrons. The van der Waals surface area contributed by atoms with Crippen molar-refractivity contribution in [3.63, 3.8) is 0 Å². The molecule has 4 rings (SSSR count). The number of hydrogen-bond acceptors (Lipinski definition) is 6. The van der Waals surface area contributed by atoms with Crippen LogP contribution in [0.2, 0.25) is 0 Å². The Bertz CT molecular complexity index is 1230. The summed E-state index contributed by atoms with van der Waals surface area (Å²) in [5.41, 5.74) is 9.07. The first-order valence-corrected chi connectivity index (χ1v) is 11.3. The molecule has 0 atom stereocenters. The summed E-state index contributed by atoms with van der Waals surface area (Å²) < 4.78 is 0. The quantitative estimate of drug-likeness (QED) is 0.243. The van der Waals surface area contributed by atoms with E-state index in [1.165, 1.54) is 12.8 Å². The highest BCUT2D eigenvalue weighted by atomic mass is 16.7. The minimum Gasteiger partial charge on any atom is -0.380 e. The van der Waals surface area contributed by atoms with Crippen molar-refractivity contribution >= 4 is 39.9 Å². The maximum absolute atomic E-state index is 12.9. The molecule has 0 bridgehead atoms. The molecule has 1 aliphatic heterocycles. The molecular weight excluding hydrogens is 430 g/mol. The van der Waals surface area contributed by atoms with Gasteiger partial charge >= 0.3 is 5.97 Å². The maximum atomic E-state index is 12.9. The number of likely N-dealkylation sites (N-methyl/N-ethyl adjacent to an activating group) is 1. The van der Waals surface area contributed by atoms with E-state index in [0.717, 1.165) is 35.2 Å². The fourth-order valence-electron chi connectivity index (χ4n) is 3.95. The molecule has 1 fully saturated rings. The molecule has 34 heavy (non-hydrogen) atoms. The van der Waals surface area contributed by atoms with E-state index in [4.69, 9.17) is 10.6 Å². The summed E-state index contributed by atoms with van der Waals surface area (Å²) in [6, 6.07) is 18.9. The van der Waals surface area contributed by atoms with Crippen molar-refractivity contribution in [2.45, 2.75) is 12.8 Å². The Morgan fingerprint density at radius 2 is 1.68 bits per heavy atom. The Balaban J connectivity index is 1.46. The molecule has 3 aromatic carbocycles. The van der Waals surface area contributed by atoms with E-state index >= 15 is 0 Å². The highest BCUT2D eigenvalue weighted by Gasteiger charge is 2.14. The fraction of sp³-hybridized carbons (Fsp3) is 0.269. The van der Waals surface area contributed by atoms with Crippen molar-refractivity contribution in [2.75, 3.05) is 43.9 Å². The highest BCUT2D eigenvalue weighted by Crippen LogP contribution is 2.24. The monoisotopic (exact) mass is 459 g/mol. The SMILES string of the molecule is CN(C)CC(=O)O/N=C(\N)c1ccc2cc(C(=O)Nc3cccc(N4CCCC4)c3)ccc2c1. The lowest BCUT2D eigenvalue weighted by Gasteiger charge is -2.18. The third kappa shape index (κ3) is 5.71. The van der Waals surface area contributed by atoms with Gasteiger partial charge in [-0.3, -0.25) is 9.69 Å². The highest BCUT2D eigenvalue weighted by molar-refractivity contribution is 6.07. The predicted octanol–water partition coefficient (Wildman–Crippen LogP) is 3.42. The Hall–Kier alpha value is -3.91. The molecule has 0 spiro atoms. The first-order valence-electron chi connectivity index (χ1n) is 11.3. The van der Waals surface area contributed by atoms with Gasteiger partial charge in [-0.05, 0) is 74.1 Å². The third-order valence-electron chi connectivity index (χ3n) is 5.66. The maximum Gasteiger partial charge on any atom is 0.348 e. The number of carbonyl (C=O) groups is 2. The van der Waals surface area contributed by atoms with Crippen molar-refractivity contribution < 1.29 is 14.4 Å². The molecular formula is C26H29N5O3. The van der Waals surface area contributed by atoms with Crippen molar-refractivity contribution in [1.82, 2.24) is 4.90 Å². The molecule has 1 aliphatic rings. The van der Waals surface area contributed by atoms with E-state index in [1.807, 2.05) is 42.5 Å². The van der Waals surface area contributed by atoms with Gasteiger partial charge in [0.15, 0.2) is 5.84 Å². The second kappa shape index (κ2) is 10.4. The van der Waals surface area contributed by atoms with Gasteiger partial charge in [0.05, 0.1) is 6.54 Å². The van der Waals surface area contributed by atoms with Crippen LogP contribution in [0.3, 0.4) is 0 Å². The van der Waals surface area contributed by atoms with Gasteiger partial charge in [0.25, 0.3) is 5.91 Å². The van der Waals surface area contributed by atoms with Crippen LogP contribution in [0.15, 0.2) is 65.8 Å². The molecule has 3 aromatic rings. The number of rotatable bonds is 7. The second-order valence-electron chi connectivity index (χ2n) is 8.65. The lowest BCUT2D eigenvalue weighted by atomic mass is 10.0. The number of nitrogens with two attached hydrogens (primary N) is 1. The van der Waals surface area contributed by atoms with E-state index in [9.17, 15) is 9.59 Å². The van der Waals surface area contributed by atoms with Crippen LogP contribution in [-0.2, 0) is 9.63 Å². The Morgan fingerprint density at radius 1 is 1.00 bits per heavy atom. The lowest BCUT2D eigenvalue weighted by molar-refractivity contribution is -0.144. The molecule has 0 unspecified atom stereocenters. The average Bonchev–Trinajstić information content (AvgIpc) is 3.37. The molecule has 8 heteroatoms. The molecule has 1 saturated heterocycles. The number of amides is 1. The topological polar surface area (TPSA) is 100 Å². The zero-order chi connectivity index (χ0) is 24.1. The summed E-state index contributed by atoms with van der Waals surface area (Å²) in [5, 5.41) is 8.51. The van der Waals surface area contributed by atoms with Crippen LogP contribution in [0.5, 0.6) is 0 Å². The van der Waals surface area contributed by atoms with E-state index in [-0.39, 0.29) is 18.3 Å². The van der Waals surface area contributed by atoms with Crippen LogP contribution >= 0.6 is 0 Å². The van der Waals surface area contributed by atoms with E-state index in [2.05, 4.69) is 21.4 Å². The zero-order valence-electron chi connectivity index (χ0n) is 19.5. The van der Waals surface area contributed by atoms with Crippen LogP contribution < -0.4 is 16.0 Å². The normalized spacial score (nSPS) is 14.0. The third-order valence-corrected chi connectivity index (χ3v) is 5.66. The van der Waals surface area contributed by atoms with Gasteiger partial charge in [-0.25, -0.2) is 4.79 Å². The number of benzene rings is 3. The summed E-state index contributed by atoms with van der Waals surface area (Å²) in [5.74, 6) is -0.553. The number of carbonyl (C=O) groups excluding carboxylic acids is 2. The van der Waals surface area contributed by atoms with Crippen LogP contribution in [0.4, 0.5) is 11.4 Å². The van der Waals surface area contributed by atoms with Crippen molar-refractivity contribution in [1.29, 1.82) is 0 Å². The first-order chi connectivity index (χ1) is 16.4. The molecule has 176 valence electrons. The number of nitrogens with zero attached hydrogens (tertiary/aromatic N) is 3. The van der Waals surface area contributed by atoms with Gasteiger partial charge < -0.3 is 20.8 Å². The standard InChI is InChI=1S/C26H29N5O3/c1-30(2)17-24(32)34-29-25(27)20-10-8-19-15-21(11-9-18(19)14-20)26(33)28-22-6-5-7-23(16-22)31-12-3-4-13-31/h5-11,14-16H,3-4,12-13,17H2,1-2H3,(H2,27,29)(H,28,33). The number of fused-ring (bicyclic) bond motifs is 1. The molecule has 8 nitrogen and oxygen atoms in total. The van der Waals surface area contributed by atoms with Gasteiger partial charge in [0.1, 0.15) is 0 Å². The van der Waals surface area contributed by atoms with E-state index < -0.39 is 5.97 Å². The summed E-state index contributed by atoms with van der Waals surface area (Å²) in [6.07, 6.45) is 2.41. The number of oxime groups is 1. The molecule has 1 amide bonds. The van der Waals surface area contributed by atoms with Gasteiger partial charge in [0, 0.05) is 35.6 Å². The summed E-state index contributed by atoms with van der Waals surface area (Å²) in [6.45, 7) is 2.22. The molecule has 0 aliphatic carbocycles. The van der Waals surface area contributed by atoms with Crippen molar-refractivity contribution in [3.05, 3.63) is 71.8 Å². The Morgan fingerprint density at radius 3 is 2.38 bits per heavy atom. The van der Waals surface area contributed by atoms with Crippen LogP contribution in [-0.4, -0.2) is 56.3 Å². The minimum atomic E-state index is -0.490. The van der Waals surface area contributed by atoms with E-state index in [0.29, 0.717) is 11.1 Å². The van der Waals surface area contributed by atoms with Crippen molar-refractivity contribution in [3.8, 4) is 0 Å². The van der Waals surface area contributed by atoms with Gasteiger partial charge in [-0.2, -0.15) is 0 Å². The molecule has 3 N–H and O–H groups in total. The number of amidine groups is 1. The molecule has 0 aromatic heterocycles. The zero-order valence-corrected chi connectivity index (χ0v) is 19.5. The summed E-state index contributed by atoms with van der Waals surface area (Å²) in [7, 11) is 3.52. The number of hydrogen-bond donors (Lipinski definition) is 2. The number of nitrogens with one attached hydrogen (secondary N) is 1. The van der Waals surface area contributed by atoms with Crippen LogP contribution in [0.1, 0.15) is 28.8 Å². The average molecular weight is 460 g/mol. The van der Waals surface area contributed by atoms with Gasteiger partial charge in [-0.15, -0.1) is 0 Å². The first kappa shape index (κ1) is 23.3. The van der Waals surface area contributed by atoms with Crippen LogP contribution in [0.25, 0.3) is 10.8 Å². The Kier molecular flexibility index (Phi) is 7.08. The lowest BCUT2D eigenvalue weighted by Crippen LogP contribution is -2.23. The smallest absolute Gasteiger partial charge is 0.348 e. The fourth-order valence-corrected chi connectivity index (χ4v) is 3.95.